The van der Waals surface area contributed by atoms with Crippen molar-refractivity contribution in [2.45, 2.75) is 76.7 Å². The SMILES string of the molecule is CC(C)C1CC[C@@](C)(O)[C@H](O)[C@@H]1Oc1cccc(C(=O)N2CCC(c3cccc(CN)c3)CC2)c1. The van der Waals surface area contributed by atoms with Gasteiger partial charge >= 0.3 is 0 Å². The first kappa shape index (κ1) is 25.7. The van der Waals surface area contributed by atoms with E-state index in [0.717, 1.165) is 24.8 Å². The lowest BCUT2D eigenvalue weighted by Gasteiger charge is -2.45. The number of hydrogen-bond donors (Lipinski definition) is 3. The van der Waals surface area contributed by atoms with Gasteiger partial charge in [0.05, 0.1) is 5.60 Å². The molecule has 6 heteroatoms. The maximum Gasteiger partial charge on any atom is 0.253 e. The molecule has 35 heavy (non-hydrogen) atoms. The maximum atomic E-state index is 13.3. The topological polar surface area (TPSA) is 96.0 Å². The van der Waals surface area contributed by atoms with Gasteiger partial charge in [-0.3, -0.25) is 4.79 Å². The fourth-order valence-electron chi connectivity index (χ4n) is 5.66. The van der Waals surface area contributed by atoms with E-state index in [1.807, 2.05) is 29.2 Å². The van der Waals surface area contributed by atoms with E-state index in [2.05, 4.69) is 32.0 Å². The minimum atomic E-state index is -1.18. The molecular formula is C29H40N2O4. The number of amides is 1. The fraction of sp³-hybridized carbons (Fsp3) is 0.552. The van der Waals surface area contributed by atoms with Crippen LogP contribution in [0.3, 0.4) is 0 Å². The number of likely N-dealkylation sites (tertiary alicyclic amines) is 1. The Balaban J connectivity index is 1.42. The standard InChI is InChI=1S/C29H40N2O4/c1-19(2)25-10-13-29(3,34)27(32)26(25)35-24-9-5-8-23(17-24)28(33)31-14-11-21(12-15-31)22-7-4-6-20(16-22)18-30/h4-9,16-17,19,21,25-27,32,34H,10-15,18,30H2,1-3H3/t25?,26-,27-,29-/m1/s1. The number of nitrogens with two attached hydrogens (primary N) is 1. The lowest BCUT2D eigenvalue weighted by molar-refractivity contribution is -0.158. The van der Waals surface area contributed by atoms with Gasteiger partial charge in [0.15, 0.2) is 0 Å². The van der Waals surface area contributed by atoms with E-state index in [0.29, 0.717) is 49.2 Å². The van der Waals surface area contributed by atoms with Crippen molar-refractivity contribution in [3.63, 3.8) is 0 Å². The highest BCUT2D eigenvalue weighted by Crippen LogP contribution is 2.38. The normalized spacial score (nSPS) is 27.7. The predicted octanol–water partition coefficient (Wildman–Crippen LogP) is 4.09. The Bertz CT molecular complexity index is 1010. The van der Waals surface area contributed by atoms with Gasteiger partial charge in [0, 0.05) is 31.1 Å². The third-order valence-electron chi connectivity index (χ3n) is 8.00. The average molecular weight is 481 g/mol. The molecule has 0 bridgehead atoms. The molecule has 0 radical (unpaired) electrons. The van der Waals surface area contributed by atoms with Crippen LogP contribution in [0.25, 0.3) is 0 Å². The summed E-state index contributed by atoms with van der Waals surface area (Å²) in [6, 6.07) is 15.7. The molecule has 1 saturated heterocycles. The lowest BCUT2D eigenvalue weighted by Crippen LogP contribution is -2.57. The highest BCUT2D eigenvalue weighted by molar-refractivity contribution is 5.94. The Labute approximate surface area is 209 Å². The number of carbonyl (C=O) groups is 1. The second-order valence-corrected chi connectivity index (χ2v) is 10.9. The smallest absolute Gasteiger partial charge is 0.253 e. The van der Waals surface area contributed by atoms with Gasteiger partial charge in [-0.2, -0.15) is 0 Å². The van der Waals surface area contributed by atoms with Crippen molar-refractivity contribution in [3.05, 3.63) is 65.2 Å². The summed E-state index contributed by atoms with van der Waals surface area (Å²) in [6.07, 6.45) is 1.67. The Kier molecular flexibility index (Phi) is 7.84. The first-order valence-electron chi connectivity index (χ1n) is 12.9. The number of carbonyl (C=O) groups excluding carboxylic acids is 1. The minimum Gasteiger partial charge on any atom is -0.487 e. The maximum absolute atomic E-state index is 13.3. The van der Waals surface area contributed by atoms with Crippen molar-refractivity contribution in [3.8, 4) is 5.75 Å². The van der Waals surface area contributed by atoms with Crippen LogP contribution in [-0.2, 0) is 6.54 Å². The minimum absolute atomic E-state index is 0.00112. The molecule has 2 aromatic rings. The Hall–Kier alpha value is -2.41. The molecule has 1 unspecified atom stereocenters. The van der Waals surface area contributed by atoms with E-state index >= 15 is 0 Å². The van der Waals surface area contributed by atoms with Crippen LogP contribution >= 0.6 is 0 Å². The summed E-state index contributed by atoms with van der Waals surface area (Å²) in [7, 11) is 0. The van der Waals surface area contributed by atoms with Crippen LogP contribution in [0.1, 0.15) is 73.9 Å². The Morgan fingerprint density at radius 3 is 2.54 bits per heavy atom. The monoisotopic (exact) mass is 480 g/mol. The summed E-state index contributed by atoms with van der Waals surface area (Å²) < 4.78 is 6.26. The largest absolute Gasteiger partial charge is 0.487 e. The molecule has 4 N–H and O–H groups in total. The van der Waals surface area contributed by atoms with E-state index < -0.39 is 17.8 Å². The van der Waals surface area contributed by atoms with Gasteiger partial charge in [-0.1, -0.05) is 44.2 Å². The highest BCUT2D eigenvalue weighted by Gasteiger charge is 2.47. The van der Waals surface area contributed by atoms with Crippen molar-refractivity contribution in [2.75, 3.05) is 13.1 Å². The van der Waals surface area contributed by atoms with Crippen LogP contribution in [0.2, 0.25) is 0 Å². The van der Waals surface area contributed by atoms with Crippen LogP contribution in [0.5, 0.6) is 5.75 Å². The number of nitrogens with zero attached hydrogens (tertiary/aromatic N) is 1. The molecule has 1 aliphatic heterocycles. The summed E-state index contributed by atoms with van der Waals surface area (Å²) in [6.45, 7) is 7.85. The first-order chi connectivity index (χ1) is 16.7. The predicted molar refractivity (Wildman–Crippen MR) is 137 cm³/mol. The molecule has 6 nitrogen and oxygen atoms in total. The van der Waals surface area contributed by atoms with Gasteiger partial charge in [-0.05, 0) is 73.8 Å². The summed E-state index contributed by atoms with van der Waals surface area (Å²) in [4.78, 5) is 15.2. The van der Waals surface area contributed by atoms with E-state index in [-0.39, 0.29) is 11.8 Å². The number of rotatable bonds is 6. The van der Waals surface area contributed by atoms with Gasteiger partial charge in [0.25, 0.3) is 5.91 Å². The molecule has 0 aromatic heterocycles. The van der Waals surface area contributed by atoms with E-state index in [1.54, 1.807) is 13.0 Å². The molecule has 4 rings (SSSR count). The molecule has 0 spiro atoms. The van der Waals surface area contributed by atoms with Crippen LogP contribution in [0.4, 0.5) is 0 Å². The molecule has 4 atom stereocenters. The third kappa shape index (κ3) is 5.71. The van der Waals surface area contributed by atoms with Crippen LogP contribution in [0.15, 0.2) is 48.5 Å². The van der Waals surface area contributed by atoms with E-state index in [1.165, 1.54) is 5.56 Å². The molecule has 190 valence electrons. The van der Waals surface area contributed by atoms with Gasteiger partial charge in [0.1, 0.15) is 18.0 Å². The molecule has 1 heterocycles. The van der Waals surface area contributed by atoms with Gasteiger partial charge in [0.2, 0.25) is 0 Å². The summed E-state index contributed by atoms with van der Waals surface area (Å²) in [5.74, 6) is 1.43. The van der Waals surface area contributed by atoms with Crippen LogP contribution in [-0.4, -0.2) is 51.9 Å². The number of aliphatic hydroxyl groups is 2. The Morgan fingerprint density at radius 2 is 1.86 bits per heavy atom. The van der Waals surface area contributed by atoms with Crippen LogP contribution < -0.4 is 10.5 Å². The number of ether oxygens (including phenoxy) is 1. The highest BCUT2D eigenvalue weighted by atomic mass is 16.5. The summed E-state index contributed by atoms with van der Waals surface area (Å²) >= 11 is 0. The van der Waals surface area contributed by atoms with Crippen molar-refractivity contribution >= 4 is 5.91 Å². The third-order valence-corrected chi connectivity index (χ3v) is 8.00. The molecule has 1 aliphatic carbocycles. The van der Waals surface area contributed by atoms with Crippen molar-refractivity contribution in [1.82, 2.24) is 4.90 Å². The summed E-state index contributed by atoms with van der Waals surface area (Å²) in [5.41, 5.74) is 7.65. The van der Waals surface area contributed by atoms with E-state index in [9.17, 15) is 15.0 Å². The number of piperidine rings is 1. The fourth-order valence-corrected chi connectivity index (χ4v) is 5.66. The van der Waals surface area contributed by atoms with Crippen LogP contribution in [0, 0.1) is 11.8 Å². The second kappa shape index (κ2) is 10.7. The number of hydrogen-bond acceptors (Lipinski definition) is 5. The number of aliphatic hydroxyl groups excluding tert-OH is 1. The zero-order valence-electron chi connectivity index (χ0n) is 21.2. The summed E-state index contributed by atoms with van der Waals surface area (Å²) in [5, 5.41) is 21.5. The van der Waals surface area contributed by atoms with E-state index in [4.69, 9.17) is 10.5 Å². The molecule has 1 amide bonds. The zero-order chi connectivity index (χ0) is 25.2. The first-order valence-corrected chi connectivity index (χ1v) is 12.9. The molecule has 2 aliphatic rings. The van der Waals surface area contributed by atoms with Gasteiger partial charge < -0.3 is 25.6 Å². The average Bonchev–Trinajstić information content (AvgIpc) is 2.86. The molecule has 1 saturated carbocycles. The van der Waals surface area contributed by atoms with Gasteiger partial charge in [-0.15, -0.1) is 0 Å². The Morgan fingerprint density at radius 1 is 1.14 bits per heavy atom. The molecular weight excluding hydrogens is 440 g/mol. The van der Waals surface area contributed by atoms with Crippen molar-refractivity contribution in [1.29, 1.82) is 0 Å². The molecule has 2 aromatic carbocycles. The lowest BCUT2D eigenvalue weighted by atomic mass is 9.71. The van der Waals surface area contributed by atoms with Crippen molar-refractivity contribution in [2.24, 2.45) is 17.6 Å². The molecule has 2 fully saturated rings. The number of benzene rings is 2. The quantitative estimate of drug-likeness (QED) is 0.579. The second-order valence-electron chi connectivity index (χ2n) is 10.9. The zero-order valence-corrected chi connectivity index (χ0v) is 21.2. The van der Waals surface area contributed by atoms with Crippen molar-refractivity contribution < 1.29 is 19.7 Å². The van der Waals surface area contributed by atoms with Gasteiger partial charge in [-0.25, -0.2) is 0 Å².